The van der Waals surface area contributed by atoms with Gasteiger partial charge in [-0.15, -0.1) is 18.7 Å². The Labute approximate surface area is 253 Å². The van der Waals surface area contributed by atoms with Crippen molar-refractivity contribution in [3.8, 4) is 17.2 Å². The molecule has 3 heterocycles. The van der Waals surface area contributed by atoms with Gasteiger partial charge >= 0.3 is 18.9 Å². The van der Waals surface area contributed by atoms with Crippen LogP contribution in [0.1, 0.15) is 25.3 Å². The molecule has 0 saturated heterocycles. The molecule has 5 rings (SSSR count). The van der Waals surface area contributed by atoms with E-state index in [0.29, 0.717) is 35.2 Å². The van der Waals surface area contributed by atoms with Gasteiger partial charge in [0.15, 0.2) is 0 Å². The first-order chi connectivity index (χ1) is 19.4. The molecule has 0 fully saturated rings. The van der Waals surface area contributed by atoms with Crippen LogP contribution in [0.4, 0.5) is 11.5 Å². The van der Waals surface area contributed by atoms with Gasteiger partial charge in [0, 0.05) is 30.1 Å². The summed E-state index contributed by atoms with van der Waals surface area (Å²) in [6, 6.07) is 13.9. The Morgan fingerprint density at radius 2 is 1.98 bits per heavy atom. The van der Waals surface area contributed by atoms with Crippen molar-refractivity contribution < 1.29 is 28.3 Å². The van der Waals surface area contributed by atoms with E-state index in [9.17, 15) is 0 Å². The largest absolute Gasteiger partial charge is 1.00 e. The Bertz CT molecular complexity index is 1610. The fourth-order valence-corrected chi connectivity index (χ4v) is 4.55. The zero-order valence-electron chi connectivity index (χ0n) is 24.4. The minimum Gasteiger partial charge on any atom is -0.549 e. The molecular formula is C31H34LiN7O2-2. The van der Waals surface area contributed by atoms with Crippen molar-refractivity contribution in [1.82, 2.24) is 29.4 Å². The van der Waals surface area contributed by atoms with Gasteiger partial charge in [-0.25, -0.2) is 9.97 Å². The molecule has 0 spiro atoms. The maximum absolute atomic E-state index is 6.15. The summed E-state index contributed by atoms with van der Waals surface area (Å²) in [4.78, 5) is 19.9. The van der Waals surface area contributed by atoms with E-state index in [-0.39, 0.29) is 18.9 Å². The van der Waals surface area contributed by atoms with Crippen molar-refractivity contribution in [2.75, 3.05) is 25.5 Å². The number of hydrogen-bond donors (Lipinski definition) is 1. The quantitative estimate of drug-likeness (QED) is 0.190. The summed E-state index contributed by atoms with van der Waals surface area (Å²) >= 11 is 0. The number of nitrogens with one attached hydrogen (secondary N) is 1. The van der Waals surface area contributed by atoms with Crippen LogP contribution < -0.4 is 33.7 Å². The topological polar surface area (TPSA) is 90.2 Å². The Morgan fingerprint density at radius 3 is 2.76 bits per heavy atom. The molecule has 0 saturated carbocycles. The Morgan fingerprint density at radius 1 is 1.12 bits per heavy atom. The predicted molar refractivity (Wildman–Crippen MR) is 158 cm³/mol. The molecule has 41 heavy (non-hydrogen) atoms. The minimum absolute atomic E-state index is 0. The first kappa shape index (κ1) is 30.3. The molecule has 0 amide bonds. The molecule has 0 bridgehead atoms. The summed E-state index contributed by atoms with van der Waals surface area (Å²) in [7, 11) is 4.05. The molecule has 0 radical (unpaired) electrons. The van der Waals surface area contributed by atoms with Crippen molar-refractivity contribution in [2.24, 2.45) is 7.05 Å². The number of aromatic nitrogens is 5. The second-order valence-electron chi connectivity index (χ2n) is 9.78. The number of rotatable bonds is 12. The van der Waals surface area contributed by atoms with Gasteiger partial charge in [-0.1, -0.05) is 19.8 Å². The first-order valence-corrected chi connectivity index (χ1v) is 13.4. The molecule has 1 atom stereocenters. The Kier molecular flexibility index (Phi) is 10.2. The number of fused-ring (bicyclic) bond motifs is 2. The number of anilines is 2. The van der Waals surface area contributed by atoms with Crippen LogP contribution in [-0.4, -0.2) is 55.6 Å². The van der Waals surface area contributed by atoms with E-state index in [1.165, 1.54) is 6.33 Å². The van der Waals surface area contributed by atoms with Crippen molar-refractivity contribution in [3.05, 3.63) is 80.2 Å². The van der Waals surface area contributed by atoms with Gasteiger partial charge in [0.05, 0.1) is 17.4 Å². The number of benzene rings is 2. The number of pyridine rings is 1. The Hall–Kier alpha value is -3.64. The summed E-state index contributed by atoms with van der Waals surface area (Å²) in [6.07, 6.45) is 10.6. The summed E-state index contributed by atoms with van der Waals surface area (Å²) in [5.41, 5.74) is 5.07. The third-order valence-electron chi connectivity index (χ3n) is 6.87. The molecule has 1 N–H and O–H groups in total. The van der Waals surface area contributed by atoms with Gasteiger partial charge in [-0.3, -0.25) is 11.4 Å². The summed E-state index contributed by atoms with van der Waals surface area (Å²) in [6.45, 7) is 9.37. The zero-order valence-corrected chi connectivity index (χ0v) is 24.4. The van der Waals surface area contributed by atoms with Gasteiger partial charge in [0.2, 0.25) is 0 Å². The van der Waals surface area contributed by atoms with Crippen LogP contribution in [0.3, 0.4) is 0 Å². The second kappa shape index (κ2) is 13.8. The molecule has 0 aliphatic rings. The average molecular weight is 544 g/mol. The number of ether oxygens (including phenoxy) is 2. The number of aryl methyl sites for hydroxylation is 2. The smallest absolute Gasteiger partial charge is 0.549 e. The van der Waals surface area contributed by atoms with E-state index in [2.05, 4.69) is 63.7 Å². The van der Waals surface area contributed by atoms with E-state index in [1.807, 2.05) is 61.0 Å². The van der Waals surface area contributed by atoms with Crippen LogP contribution in [0, 0.1) is 26.5 Å². The van der Waals surface area contributed by atoms with Gasteiger partial charge in [0.25, 0.3) is 0 Å². The molecular weight excluding hydrogens is 509 g/mol. The van der Waals surface area contributed by atoms with Crippen molar-refractivity contribution >= 4 is 33.6 Å². The maximum Gasteiger partial charge on any atom is 1.00 e. The normalized spacial score (nSPS) is 12.0. The summed E-state index contributed by atoms with van der Waals surface area (Å²) < 4.78 is 14.1. The number of hydrogen-bond acceptors (Lipinski definition) is 8. The third kappa shape index (κ3) is 7.17. The van der Waals surface area contributed by atoms with Crippen LogP contribution in [0.25, 0.3) is 22.1 Å². The second-order valence-corrected chi connectivity index (χ2v) is 9.78. The van der Waals surface area contributed by atoms with Crippen LogP contribution in [0.15, 0.2) is 55.1 Å². The molecule has 0 aliphatic heterocycles. The molecule has 208 valence electrons. The van der Waals surface area contributed by atoms with E-state index in [4.69, 9.17) is 9.47 Å². The average Bonchev–Trinajstić information content (AvgIpc) is 3.33. The van der Waals surface area contributed by atoms with Gasteiger partial charge < -0.3 is 36.2 Å². The van der Waals surface area contributed by atoms with Crippen LogP contribution in [0.5, 0.6) is 17.2 Å². The van der Waals surface area contributed by atoms with Crippen molar-refractivity contribution in [2.45, 2.75) is 32.7 Å². The third-order valence-corrected chi connectivity index (χ3v) is 6.87. The zero-order chi connectivity index (χ0) is 28.1. The van der Waals surface area contributed by atoms with Crippen LogP contribution >= 0.6 is 0 Å². The van der Waals surface area contributed by atoms with E-state index >= 15 is 0 Å². The van der Waals surface area contributed by atoms with Crippen molar-refractivity contribution in [1.29, 1.82) is 0 Å². The van der Waals surface area contributed by atoms with Gasteiger partial charge in [-0.2, -0.15) is 0 Å². The van der Waals surface area contributed by atoms with E-state index in [0.717, 1.165) is 53.2 Å². The summed E-state index contributed by atoms with van der Waals surface area (Å²) in [5.74, 6) is 2.64. The molecule has 10 heteroatoms. The fourth-order valence-electron chi connectivity index (χ4n) is 4.55. The maximum atomic E-state index is 6.15. The molecule has 2 aromatic carbocycles. The molecule has 9 nitrogen and oxygen atoms in total. The molecule has 0 aliphatic carbocycles. The molecule has 1 unspecified atom stereocenters. The predicted octanol–water partition coefficient (Wildman–Crippen LogP) is 3.08. The fraction of sp³-hybridized carbons (Fsp3) is 0.290. The Balaban J connectivity index is 0.00000387. The first-order valence-electron chi connectivity index (χ1n) is 13.4. The number of nitrogens with zero attached hydrogens (tertiary/aromatic N) is 6. The minimum atomic E-state index is 0. The monoisotopic (exact) mass is 543 g/mol. The van der Waals surface area contributed by atoms with Gasteiger partial charge in [0.1, 0.15) is 23.6 Å². The molecule has 3 aromatic heterocycles. The van der Waals surface area contributed by atoms with Gasteiger partial charge in [-0.05, 0) is 68.2 Å². The van der Waals surface area contributed by atoms with E-state index in [1.54, 1.807) is 6.33 Å². The summed E-state index contributed by atoms with van der Waals surface area (Å²) in [5, 5.41) is 3.36. The number of imidazole rings is 1. The SMILES string of the molecule is [CH2-]CN(C)C([CH-]COc1[c-]nc2c(Nc3ccc(Oc4ccc5c(c4)ncn5C)c(C)c3)ncnc2c1)CCC.[Li+]. The van der Waals surface area contributed by atoms with Crippen LogP contribution in [0.2, 0.25) is 0 Å². The van der Waals surface area contributed by atoms with E-state index < -0.39 is 0 Å². The molecule has 5 aromatic rings. The standard InChI is InChI=1S/C31H34N7O2.Li/c1-6-8-23(37(4)7-2)13-14-39-25-17-27-30(32-18-25)31(34-19-33-27)36-22-9-12-29(21(3)15-22)40-24-10-11-28-26(16-24)35-20-38(28)5;/h9-13,15-17,19-20,23H,2,6-8,14H2,1,3-5H3,(H,33,34,36);/q-3;+1. The van der Waals surface area contributed by atoms with Crippen molar-refractivity contribution in [3.63, 3.8) is 0 Å². The van der Waals surface area contributed by atoms with Crippen LogP contribution in [-0.2, 0) is 7.05 Å².